The first kappa shape index (κ1) is 6.45. The Balaban J connectivity index is 2.29. The first-order chi connectivity index (χ1) is 6.29. The lowest BCUT2D eigenvalue weighted by molar-refractivity contribution is 0.177. The van der Waals surface area contributed by atoms with Crippen LogP contribution >= 0.6 is 0 Å². The van der Waals surface area contributed by atoms with E-state index in [2.05, 4.69) is 0 Å². The first-order valence-electron chi connectivity index (χ1n) is 6.29. The van der Waals surface area contributed by atoms with Crippen molar-refractivity contribution in [2.24, 2.45) is 16.7 Å². The highest BCUT2D eigenvalue weighted by Gasteiger charge is 2.46. The predicted molar refractivity (Wildman–Crippen MR) is 53.1 cm³/mol. The van der Waals surface area contributed by atoms with Gasteiger partial charge < -0.3 is 0 Å². The van der Waals surface area contributed by atoms with Crippen molar-refractivity contribution >= 4 is 0 Å². The highest BCUT2D eigenvalue weighted by molar-refractivity contribution is 4.97. The van der Waals surface area contributed by atoms with Gasteiger partial charge in [0.2, 0.25) is 0 Å². The Hall–Kier alpha value is 0. The summed E-state index contributed by atoms with van der Waals surface area (Å²) < 4.78 is 16.8. The molecule has 0 heterocycles. The summed E-state index contributed by atoms with van der Waals surface area (Å²) in [5, 5.41) is 0. The van der Waals surface area contributed by atoms with E-state index in [4.69, 9.17) is 2.74 Å². The van der Waals surface area contributed by atoms with Crippen LogP contribution in [0, 0.1) is 16.7 Å². The van der Waals surface area contributed by atoms with E-state index in [0.717, 1.165) is 25.2 Å². The minimum atomic E-state index is -0.995. The Bertz CT molecular complexity index is 229. The lowest BCUT2D eigenvalue weighted by atomic mass is 9.72. The van der Waals surface area contributed by atoms with Crippen molar-refractivity contribution in [2.45, 2.75) is 59.2 Å². The van der Waals surface area contributed by atoms with Crippen LogP contribution in [0.2, 0.25) is 0 Å². The summed E-state index contributed by atoms with van der Waals surface area (Å²) >= 11 is 0. The third-order valence-electron chi connectivity index (χ3n) is 3.38. The Labute approximate surface area is 79.6 Å². The van der Waals surface area contributed by atoms with Crippen LogP contribution in [0.3, 0.4) is 0 Å². The van der Waals surface area contributed by atoms with Crippen molar-refractivity contribution in [1.82, 2.24) is 0 Å². The average Bonchev–Trinajstić information content (AvgIpc) is 2.61. The molecule has 0 nitrogen and oxygen atoms in total. The van der Waals surface area contributed by atoms with E-state index >= 15 is 0 Å². The number of hydrogen-bond acceptors (Lipinski definition) is 0. The molecular weight excluding hydrogens is 144 g/mol. The largest absolute Gasteiger partial charge is 0.0602 e. The van der Waals surface area contributed by atoms with E-state index in [9.17, 15) is 0 Å². The molecule has 0 spiro atoms. The number of rotatable bonds is 1. The lowest BCUT2D eigenvalue weighted by Gasteiger charge is -2.33. The fraction of sp³-hybridized carbons (Fsp3) is 1.00. The van der Waals surface area contributed by atoms with Gasteiger partial charge in [0.1, 0.15) is 0 Å². The van der Waals surface area contributed by atoms with Crippen LogP contribution in [-0.4, -0.2) is 0 Å². The quantitative estimate of drug-likeness (QED) is 0.555. The second kappa shape index (κ2) is 2.49. The molecule has 0 radical (unpaired) electrons. The summed E-state index contributed by atoms with van der Waals surface area (Å²) in [5.41, 5.74) is -0.192. The Kier molecular flexibility index (Phi) is 1.34. The standard InChI is InChI=1S/C12H22/c1-11(2,3)9-12-6-4-10(8-12)5-7-12/h10H,4-9H2,1-3H3/i9D2. The summed E-state index contributed by atoms with van der Waals surface area (Å²) in [5.74, 6) is 0.840. The SMILES string of the molecule is [2H]C([2H])(C(C)(C)C)C12CCC(CC1)C2. The van der Waals surface area contributed by atoms with Gasteiger partial charge in [0.25, 0.3) is 0 Å². The van der Waals surface area contributed by atoms with Crippen LogP contribution in [0.5, 0.6) is 0 Å². The molecule has 0 amide bonds. The van der Waals surface area contributed by atoms with Gasteiger partial charge in [-0.3, -0.25) is 0 Å². The van der Waals surface area contributed by atoms with Crippen LogP contribution in [0.4, 0.5) is 0 Å². The summed E-state index contributed by atoms with van der Waals surface area (Å²) in [6.07, 6.45) is 4.96. The molecule has 0 aliphatic heterocycles. The molecule has 2 saturated carbocycles. The maximum absolute atomic E-state index is 8.42. The van der Waals surface area contributed by atoms with E-state index in [0.29, 0.717) is 0 Å². The first-order valence-corrected chi connectivity index (χ1v) is 5.29. The molecule has 0 unspecified atom stereocenters. The van der Waals surface area contributed by atoms with E-state index in [1.807, 2.05) is 20.8 Å². The number of fused-ring (bicyclic) bond motifs is 2. The molecule has 2 fully saturated rings. The molecule has 2 bridgehead atoms. The molecule has 0 aromatic heterocycles. The third-order valence-corrected chi connectivity index (χ3v) is 3.38. The average molecular weight is 168 g/mol. The normalized spacial score (nSPS) is 44.4. The van der Waals surface area contributed by atoms with Crippen LogP contribution in [0.1, 0.15) is 62.0 Å². The maximum Gasteiger partial charge on any atom is 0.0278 e. The molecule has 0 N–H and O–H groups in total. The second-order valence-corrected chi connectivity index (χ2v) is 5.80. The van der Waals surface area contributed by atoms with Gasteiger partial charge in [-0.15, -0.1) is 0 Å². The van der Waals surface area contributed by atoms with E-state index < -0.39 is 6.37 Å². The fourth-order valence-corrected chi connectivity index (χ4v) is 3.16. The van der Waals surface area contributed by atoms with Gasteiger partial charge in [-0.1, -0.05) is 20.8 Å². The predicted octanol–water partition coefficient (Wildman–Crippen LogP) is 4.00. The molecule has 2 aliphatic rings. The monoisotopic (exact) mass is 168 g/mol. The van der Waals surface area contributed by atoms with Crippen molar-refractivity contribution in [1.29, 1.82) is 0 Å². The molecule has 2 rings (SSSR count). The summed E-state index contributed by atoms with van der Waals surface area (Å²) in [7, 11) is 0. The smallest absolute Gasteiger partial charge is 0.0278 e. The molecule has 12 heavy (non-hydrogen) atoms. The summed E-state index contributed by atoms with van der Waals surface area (Å²) in [6.45, 7) is 6.15. The topological polar surface area (TPSA) is 0 Å². The van der Waals surface area contributed by atoms with Gasteiger partial charge >= 0.3 is 0 Å². The Morgan fingerprint density at radius 2 is 1.92 bits per heavy atom. The highest BCUT2D eigenvalue weighted by Crippen LogP contribution is 2.58. The summed E-state index contributed by atoms with van der Waals surface area (Å²) in [4.78, 5) is 0. The molecule has 2 aliphatic carbocycles. The molecule has 0 heteroatoms. The van der Waals surface area contributed by atoms with Gasteiger partial charge in [-0.05, 0) is 55.2 Å². The molecular formula is C12H22. The van der Waals surface area contributed by atoms with Crippen LogP contribution < -0.4 is 0 Å². The van der Waals surface area contributed by atoms with Crippen LogP contribution in [-0.2, 0) is 0 Å². The minimum Gasteiger partial charge on any atom is -0.0602 e. The molecule has 70 valence electrons. The third kappa shape index (κ3) is 1.53. The van der Waals surface area contributed by atoms with Gasteiger partial charge in [0.15, 0.2) is 0 Å². The van der Waals surface area contributed by atoms with Gasteiger partial charge in [0.05, 0.1) is 0 Å². The van der Waals surface area contributed by atoms with Crippen molar-refractivity contribution in [3.63, 3.8) is 0 Å². The Morgan fingerprint density at radius 3 is 2.25 bits per heavy atom. The molecule has 0 aromatic rings. The fourth-order valence-electron chi connectivity index (χ4n) is 3.16. The Morgan fingerprint density at radius 1 is 1.33 bits per heavy atom. The van der Waals surface area contributed by atoms with Crippen molar-refractivity contribution < 1.29 is 2.74 Å². The number of hydrogen-bond donors (Lipinski definition) is 0. The zero-order chi connectivity index (χ0) is 10.6. The van der Waals surface area contributed by atoms with Crippen molar-refractivity contribution in [3.05, 3.63) is 0 Å². The maximum atomic E-state index is 8.42. The molecule has 0 atom stereocenters. The molecule has 0 aromatic carbocycles. The van der Waals surface area contributed by atoms with Crippen molar-refractivity contribution in [3.8, 4) is 0 Å². The zero-order valence-corrected chi connectivity index (χ0v) is 8.61. The van der Waals surface area contributed by atoms with Gasteiger partial charge in [-0.25, -0.2) is 0 Å². The van der Waals surface area contributed by atoms with Crippen molar-refractivity contribution in [2.75, 3.05) is 0 Å². The lowest BCUT2D eigenvalue weighted by Crippen LogP contribution is -2.22. The van der Waals surface area contributed by atoms with E-state index in [-0.39, 0.29) is 10.8 Å². The van der Waals surface area contributed by atoms with E-state index in [1.54, 1.807) is 0 Å². The van der Waals surface area contributed by atoms with Gasteiger partial charge in [0, 0.05) is 2.74 Å². The highest BCUT2D eigenvalue weighted by atomic mass is 14.5. The van der Waals surface area contributed by atoms with Gasteiger partial charge in [-0.2, -0.15) is 0 Å². The van der Waals surface area contributed by atoms with Crippen LogP contribution in [0.25, 0.3) is 0 Å². The second-order valence-electron chi connectivity index (χ2n) is 5.80. The zero-order valence-electron chi connectivity index (χ0n) is 10.6. The van der Waals surface area contributed by atoms with E-state index in [1.165, 1.54) is 12.8 Å². The van der Waals surface area contributed by atoms with Crippen LogP contribution in [0.15, 0.2) is 0 Å². The summed E-state index contributed by atoms with van der Waals surface area (Å²) in [6, 6.07) is 0. The molecule has 0 saturated heterocycles. The minimum absolute atomic E-state index is 0.0237.